The smallest absolute Gasteiger partial charge is 0.203 e. The molecule has 0 saturated heterocycles. The van der Waals surface area contributed by atoms with E-state index in [0.717, 1.165) is 31.2 Å². The largest absolute Gasteiger partial charge is 0.356 e. The molecule has 2 aromatic heterocycles. The summed E-state index contributed by atoms with van der Waals surface area (Å²) in [6.07, 6.45) is 3.24. The van der Waals surface area contributed by atoms with Gasteiger partial charge in [0.2, 0.25) is 5.95 Å². The summed E-state index contributed by atoms with van der Waals surface area (Å²) in [5, 5.41) is 5.55. The van der Waals surface area contributed by atoms with Gasteiger partial charge in [-0.1, -0.05) is 26.8 Å². The number of rotatable bonds is 6. The van der Waals surface area contributed by atoms with Crippen LogP contribution in [-0.4, -0.2) is 16.1 Å². The number of thiophene rings is 1. The molecule has 0 radical (unpaired) electrons. The second kappa shape index (κ2) is 5.78. The number of aromatic nitrogens is 2. The molecule has 0 aromatic carbocycles. The van der Waals surface area contributed by atoms with Gasteiger partial charge < -0.3 is 9.88 Å². The zero-order chi connectivity index (χ0) is 13.9. The predicted molar refractivity (Wildman–Crippen MR) is 83.1 cm³/mol. The van der Waals surface area contributed by atoms with Gasteiger partial charge in [-0.2, -0.15) is 0 Å². The van der Waals surface area contributed by atoms with Crippen molar-refractivity contribution in [1.82, 2.24) is 9.55 Å². The maximum absolute atomic E-state index is 4.57. The van der Waals surface area contributed by atoms with Gasteiger partial charge in [0.05, 0.1) is 5.69 Å². The molecule has 0 amide bonds. The van der Waals surface area contributed by atoms with Gasteiger partial charge in [-0.15, -0.1) is 11.3 Å². The quantitative estimate of drug-likeness (QED) is 0.863. The highest BCUT2D eigenvalue weighted by Gasteiger charge is 2.23. The minimum absolute atomic E-state index is 0.129. The Morgan fingerprint density at radius 3 is 2.84 bits per heavy atom. The summed E-state index contributed by atoms with van der Waals surface area (Å²) in [5.74, 6) is 0.990. The third-order valence-corrected chi connectivity index (χ3v) is 4.42. The van der Waals surface area contributed by atoms with E-state index in [1.807, 2.05) is 18.3 Å². The lowest BCUT2D eigenvalue weighted by atomic mass is 9.91. The topological polar surface area (TPSA) is 29.9 Å². The van der Waals surface area contributed by atoms with Gasteiger partial charge in [0.25, 0.3) is 0 Å². The normalized spacial score (nSPS) is 11.8. The van der Waals surface area contributed by atoms with Crippen LogP contribution in [-0.2, 0) is 12.0 Å². The Morgan fingerprint density at radius 1 is 1.42 bits per heavy atom. The van der Waals surface area contributed by atoms with E-state index in [1.165, 1.54) is 4.88 Å². The van der Waals surface area contributed by atoms with E-state index < -0.39 is 0 Å². The number of hydrogen-bond donors (Lipinski definition) is 1. The minimum atomic E-state index is 0.129. The van der Waals surface area contributed by atoms with Gasteiger partial charge in [0.15, 0.2) is 0 Å². The average Bonchev–Trinajstić information content (AvgIpc) is 2.96. The molecule has 1 N–H and O–H groups in total. The first-order valence-electron chi connectivity index (χ1n) is 6.84. The maximum Gasteiger partial charge on any atom is 0.203 e. The molecule has 0 fully saturated rings. The highest BCUT2D eigenvalue weighted by molar-refractivity contribution is 7.10. The molecule has 0 aliphatic carbocycles. The molecule has 0 unspecified atom stereocenters. The van der Waals surface area contributed by atoms with Crippen LogP contribution in [0, 0.1) is 6.92 Å². The van der Waals surface area contributed by atoms with Gasteiger partial charge in [-0.3, -0.25) is 0 Å². The van der Waals surface area contributed by atoms with Gasteiger partial charge in [-0.25, -0.2) is 4.98 Å². The zero-order valence-corrected chi connectivity index (χ0v) is 13.0. The Morgan fingerprint density at radius 2 is 2.21 bits per heavy atom. The Hall–Kier alpha value is -1.29. The van der Waals surface area contributed by atoms with Crippen molar-refractivity contribution >= 4 is 17.3 Å². The monoisotopic (exact) mass is 277 g/mol. The first-order chi connectivity index (χ1) is 9.03. The molecule has 4 heteroatoms. The molecular weight excluding hydrogens is 254 g/mol. The van der Waals surface area contributed by atoms with Crippen molar-refractivity contribution in [2.24, 2.45) is 0 Å². The Kier molecular flexibility index (Phi) is 4.30. The second-order valence-electron chi connectivity index (χ2n) is 5.62. The van der Waals surface area contributed by atoms with E-state index in [-0.39, 0.29) is 5.41 Å². The van der Waals surface area contributed by atoms with Crippen molar-refractivity contribution in [1.29, 1.82) is 0 Å². The Bertz CT molecular complexity index is 511. The van der Waals surface area contributed by atoms with Crippen LogP contribution in [0.2, 0.25) is 0 Å². The Labute approximate surface area is 119 Å². The highest BCUT2D eigenvalue weighted by atomic mass is 32.1. The van der Waals surface area contributed by atoms with Gasteiger partial charge in [-0.05, 0) is 24.8 Å². The van der Waals surface area contributed by atoms with Gasteiger partial charge in [0.1, 0.15) is 0 Å². The first kappa shape index (κ1) is 14.1. The second-order valence-corrected chi connectivity index (χ2v) is 6.57. The first-order valence-corrected chi connectivity index (χ1v) is 7.72. The van der Waals surface area contributed by atoms with Crippen molar-refractivity contribution in [3.8, 4) is 0 Å². The van der Waals surface area contributed by atoms with Crippen LogP contribution in [0.3, 0.4) is 0 Å². The SMILES string of the molecule is CCCNc1nc(C)cn1CC(C)(C)c1cccs1. The van der Waals surface area contributed by atoms with E-state index in [0.29, 0.717) is 0 Å². The third-order valence-electron chi connectivity index (χ3n) is 3.18. The molecule has 104 valence electrons. The lowest BCUT2D eigenvalue weighted by Gasteiger charge is -2.25. The van der Waals surface area contributed by atoms with E-state index in [1.54, 1.807) is 0 Å². The standard InChI is InChI=1S/C15H23N3S/c1-5-8-16-14-17-12(2)10-18(14)11-15(3,4)13-7-6-9-19-13/h6-7,9-10H,5,8,11H2,1-4H3,(H,16,17). The molecule has 0 bridgehead atoms. The summed E-state index contributed by atoms with van der Waals surface area (Å²) < 4.78 is 2.24. The van der Waals surface area contributed by atoms with Crippen molar-refractivity contribution < 1.29 is 0 Å². The molecule has 2 aromatic rings. The number of hydrogen-bond acceptors (Lipinski definition) is 3. The van der Waals surface area contributed by atoms with Crippen molar-refractivity contribution in [3.05, 3.63) is 34.3 Å². The van der Waals surface area contributed by atoms with E-state index >= 15 is 0 Å². The molecular formula is C15H23N3S. The van der Waals surface area contributed by atoms with E-state index in [2.05, 4.69) is 59.3 Å². The van der Waals surface area contributed by atoms with Crippen LogP contribution in [0.4, 0.5) is 5.95 Å². The van der Waals surface area contributed by atoms with Crippen LogP contribution >= 0.6 is 11.3 Å². The lowest BCUT2D eigenvalue weighted by Crippen LogP contribution is -2.24. The van der Waals surface area contributed by atoms with Crippen molar-refractivity contribution in [3.63, 3.8) is 0 Å². The summed E-state index contributed by atoms with van der Waals surface area (Å²) in [6.45, 7) is 10.7. The number of anilines is 1. The number of nitrogens with one attached hydrogen (secondary N) is 1. The van der Waals surface area contributed by atoms with Crippen LogP contribution in [0.1, 0.15) is 37.8 Å². The molecule has 0 saturated carbocycles. The third kappa shape index (κ3) is 3.38. The number of imidazole rings is 1. The fourth-order valence-electron chi connectivity index (χ4n) is 2.21. The predicted octanol–water partition coefficient (Wildman–Crippen LogP) is 4.05. The molecule has 0 aliphatic heterocycles. The van der Waals surface area contributed by atoms with Crippen LogP contribution in [0.25, 0.3) is 0 Å². The van der Waals surface area contributed by atoms with E-state index in [9.17, 15) is 0 Å². The van der Waals surface area contributed by atoms with Gasteiger partial charge in [0, 0.05) is 29.6 Å². The zero-order valence-electron chi connectivity index (χ0n) is 12.2. The van der Waals surface area contributed by atoms with Crippen LogP contribution in [0.5, 0.6) is 0 Å². The molecule has 2 heterocycles. The summed E-state index contributed by atoms with van der Waals surface area (Å²) >= 11 is 1.83. The number of aryl methyl sites for hydroxylation is 1. The summed E-state index contributed by atoms with van der Waals surface area (Å²) in [6, 6.07) is 4.34. The minimum Gasteiger partial charge on any atom is -0.356 e. The summed E-state index contributed by atoms with van der Waals surface area (Å²) in [7, 11) is 0. The van der Waals surface area contributed by atoms with Crippen molar-refractivity contribution in [2.75, 3.05) is 11.9 Å². The maximum atomic E-state index is 4.57. The average molecular weight is 277 g/mol. The molecule has 0 spiro atoms. The molecule has 0 aliphatic rings. The Balaban J connectivity index is 2.18. The van der Waals surface area contributed by atoms with Crippen molar-refractivity contribution in [2.45, 2.75) is 46.1 Å². The van der Waals surface area contributed by atoms with Crippen LogP contribution in [0.15, 0.2) is 23.7 Å². The van der Waals surface area contributed by atoms with E-state index in [4.69, 9.17) is 0 Å². The summed E-state index contributed by atoms with van der Waals surface area (Å²) in [4.78, 5) is 5.99. The highest BCUT2D eigenvalue weighted by Crippen LogP contribution is 2.30. The molecule has 3 nitrogen and oxygen atoms in total. The lowest BCUT2D eigenvalue weighted by molar-refractivity contribution is 0.445. The van der Waals surface area contributed by atoms with Crippen LogP contribution < -0.4 is 5.32 Å². The summed E-state index contributed by atoms with van der Waals surface area (Å²) in [5.41, 5.74) is 1.20. The molecule has 0 atom stereocenters. The molecule has 19 heavy (non-hydrogen) atoms. The van der Waals surface area contributed by atoms with Gasteiger partial charge >= 0.3 is 0 Å². The molecule has 2 rings (SSSR count). The fourth-order valence-corrected chi connectivity index (χ4v) is 3.06. The number of nitrogens with zero attached hydrogens (tertiary/aromatic N) is 2. The fraction of sp³-hybridized carbons (Fsp3) is 0.533.